The van der Waals surface area contributed by atoms with E-state index in [9.17, 15) is 22.8 Å². The van der Waals surface area contributed by atoms with Crippen molar-refractivity contribution in [2.75, 3.05) is 30.0 Å². The van der Waals surface area contributed by atoms with E-state index in [-0.39, 0.29) is 29.0 Å². The van der Waals surface area contributed by atoms with Gasteiger partial charge in [-0.15, -0.1) is 11.3 Å². The molecule has 2 heterocycles. The molecule has 1 saturated heterocycles. The van der Waals surface area contributed by atoms with E-state index in [1.807, 2.05) is 6.92 Å². The molecule has 2 amide bonds. The average molecular weight is 417 g/mol. The van der Waals surface area contributed by atoms with Crippen LogP contribution in [0.2, 0.25) is 0 Å². The highest BCUT2D eigenvalue weighted by Crippen LogP contribution is 2.33. The largest absolute Gasteiger partial charge is 0.452 e. The normalized spacial score (nSPS) is 18.1. The number of rotatable bonds is 6. The van der Waals surface area contributed by atoms with E-state index in [1.54, 1.807) is 13.8 Å². The van der Waals surface area contributed by atoms with Gasteiger partial charge >= 0.3 is 5.97 Å². The van der Waals surface area contributed by atoms with Crippen molar-refractivity contribution in [1.29, 1.82) is 0 Å². The Balaban J connectivity index is 2.06. The van der Waals surface area contributed by atoms with Crippen LogP contribution in [0.25, 0.3) is 0 Å². The van der Waals surface area contributed by atoms with Gasteiger partial charge in [0, 0.05) is 24.4 Å². The number of amides is 2. The SMILES string of the molecule is CCN(C(=O)COC(=O)c1c(NC(C)=O)sc(C)c1C)[C@H]1CCS(=O)(=O)C1. The van der Waals surface area contributed by atoms with Crippen molar-refractivity contribution in [2.24, 2.45) is 0 Å². The van der Waals surface area contributed by atoms with Crippen LogP contribution >= 0.6 is 11.3 Å². The summed E-state index contributed by atoms with van der Waals surface area (Å²) in [5.41, 5.74) is 0.933. The molecule has 10 heteroatoms. The number of ether oxygens (including phenoxy) is 1. The van der Waals surface area contributed by atoms with Crippen molar-refractivity contribution in [3.8, 4) is 0 Å². The predicted molar refractivity (Wildman–Crippen MR) is 103 cm³/mol. The van der Waals surface area contributed by atoms with Gasteiger partial charge in [0.15, 0.2) is 16.4 Å². The van der Waals surface area contributed by atoms with E-state index < -0.39 is 28.3 Å². The number of thiophene rings is 1. The molecule has 1 aliphatic rings. The lowest BCUT2D eigenvalue weighted by atomic mass is 10.1. The lowest BCUT2D eigenvalue weighted by Crippen LogP contribution is -2.43. The van der Waals surface area contributed by atoms with Crippen molar-refractivity contribution in [3.63, 3.8) is 0 Å². The maximum Gasteiger partial charge on any atom is 0.341 e. The molecule has 1 aromatic heterocycles. The smallest absolute Gasteiger partial charge is 0.341 e. The molecule has 27 heavy (non-hydrogen) atoms. The van der Waals surface area contributed by atoms with Gasteiger partial charge in [-0.25, -0.2) is 13.2 Å². The lowest BCUT2D eigenvalue weighted by molar-refractivity contribution is -0.136. The summed E-state index contributed by atoms with van der Waals surface area (Å²) in [5, 5.41) is 3.00. The third-order valence-electron chi connectivity index (χ3n) is 4.52. The first-order valence-electron chi connectivity index (χ1n) is 8.60. The Morgan fingerprint density at radius 2 is 1.96 bits per heavy atom. The number of aryl methyl sites for hydroxylation is 1. The third kappa shape index (κ3) is 5.07. The molecule has 150 valence electrons. The molecule has 0 aromatic carbocycles. The molecule has 8 nitrogen and oxygen atoms in total. The molecular weight excluding hydrogens is 392 g/mol. The lowest BCUT2D eigenvalue weighted by Gasteiger charge is -2.26. The molecule has 1 atom stereocenters. The summed E-state index contributed by atoms with van der Waals surface area (Å²) in [7, 11) is -3.12. The molecule has 0 spiro atoms. The van der Waals surface area contributed by atoms with E-state index in [1.165, 1.54) is 23.2 Å². The van der Waals surface area contributed by atoms with Crippen LogP contribution in [0, 0.1) is 13.8 Å². The van der Waals surface area contributed by atoms with Gasteiger partial charge in [-0.1, -0.05) is 0 Å². The first-order valence-corrected chi connectivity index (χ1v) is 11.2. The first-order chi connectivity index (χ1) is 12.6. The summed E-state index contributed by atoms with van der Waals surface area (Å²) in [6.07, 6.45) is 0.394. The van der Waals surface area contributed by atoms with Crippen LogP contribution in [0.4, 0.5) is 5.00 Å². The topological polar surface area (TPSA) is 110 Å². The van der Waals surface area contributed by atoms with Crippen molar-refractivity contribution in [1.82, 2.24) is 4.90 Å². The molecule has 0 unspecified atom stereocenters. The standard InChI is InChI=1S/C17H24N2O6S2/c1-5-19(13-6-7-27(23,24)9-13)14(21)8-25-17(22)15-10(2)11(3)26-16(15)18-12(4)20/h13H,5-9H2,1-4H3,(H,18,20)/t13-/m0/s1. The van der Waals surface area contributed by atoms with Gasteiger partial charge in [-0.3, -0.25) is 9.59 Å². The van der Waals surface area contributed by atoms with Gasteiger partial charge in [0.2, 0.25) is 5.91 Å². The van der Waals surface area contributed by atoms with E-state index in [0.717, 1.165) is 4.88 Å². The third-order valence-corrected chi connectivity index (χ3v) is 7.39. The Hall–Kier alpha value is -1.94. The Labute approximate surface area is 162 Å². The molecule has 1 aromatic rings. The van der Waals surface area contributed by atoms with E-state index in [0.29, 0.717) is 23.5 Å². The van der Waals surface area contributed by atoms with Gasteiger partial charge in [-0.05, 0) is 32.8 Å². The van der Waals surface area contributed by atoms with Gasteiger partial charge in [-0.2, -0.15) is 0 Å². The number of sulfone groups is 1. The van der Waals surface area contributed by atoms with Gasteiger partial charge in [0.1, 0.15) is 5.00 Å². The minimum atomic E-state index is -3.12. The number of likely N-dealkylation sites (N-methyl/N-ethyl adjacent to an activating group) is 1. The predicted octanol–water partition coefficient (Wildman–Crippen LogP) is 1.52. The van der Waals surface area contributed by atoms with Crippen molar-refractivity contribution in [3.05, 3.63) is 16.0 Å². The quantitative estimate of drug-likeness (QED) is 0.704. The Bertz CT molecular complexity index is 859. The van der Waals surface area contributed by atoms with Gasteiger partial charge in [0.05, 0.1) is 17.1 Å². The van der Waals surface area contributed by atoms with Crippen LogP contribution in [0.1, 0.15) is 41.1 Å². The molecule has 1 fully saturated rings. The van der Waals surface area contributed by atoms with E-state index in [2.05, 4.69) is 5.32 Å². The number of hydrogen-bond acceptors (Lipinski definition) is 7. The maximum absolute atomic E-state index is 12.5. The minimum absolute atomic E-state index is 0.0595. The molecule has 0 aliphatic carbocycles. The molecular formula is C17H24N2O6S2. The van der Waals surface area contributed by atoms with Crippen LogP contribution in [0.3, 0.4) is 0 Å². The zero-order chi connectivity index (χ0) is 20.4. The second-order valence-electron chi connectivity index (χ2n) is 6.48. The monoisotopic (exact) mass is 416 g/mol. The van der Waals surface area contributed by atoms with Crippen molar-refractivity contribution in [2.45, 2.75) is 40.2 Å². The Kier molecular flexibility index (Phi) is 6.63. The fourth-order valence-electron chi connectivity index (χ4n) is 3.06. The zero-order valence-corrected chi connectivity index (χ0v) is 17.5. The summed E-state index contributed by atoms with van der Waals surface area (Å²) in [6.45, 7) is 6.54. The Morgan fingerprint density at radius 3 is 2.48 bits per heavy atom. The van der Waals surface area contributed by atoms with Gasteiger partial charge in [0.25, 0.3) is 5.91 Å². The van der Waals surface area contributed by atoms with Crippen molar-refractivity contribution < 1.29 is 27.5 Å². The highest BCUT2D eigenvalue weighted by atomic mass is 32.2. The van der Waals surface area contributed by atoms with E-state index >= 15 is 0 Å². The molecule has 2 rings (SSSR count). The Morgan fingerprint density at radius 1 is 1.30 bits per heavy atom. The van der Waals surface area contributed by atoms with Crippen LogP contribution in [0.15, 0.2) is 0 Å². The van der Waals surface area contributed by atoms with Crippen LogP contribution < -0.4 is 5.32 Å². The highest BCUT2D eigenvalue weighted by molar-refractivity contribution is 7.91. The minimum Gasteiger partial charge on any atom is -0.452 e. The number of nitrogens with one attached hydrogen (secondary N) is 1. The van der Waals surface area contributed by atoms with Crippen molar-refractivity contribution >= 4 is 44.0 Å². The molecule has 1 N–H and O–H groups in total. The number of anilines is 1. The summed E-state index contributed by atoms with van der Waals surface area (Å²) < 4.78 is 28.5. The number of esters is 1. The van der Waals surface area contributed by atoms with Crippen LogP contribution in [-0.4, -0.2) is 61.8 Å². The highest BCUT2D eigenvalue weighted by Gasteiger charge is 2.34. The second kappa shape index (κ2) is 8.39. The summed E-state index contributed by atoms with van der Waals surface area (Å²) in [4.78, 5) is 38.6. The zero-order valence-electron chi connectivity index (χ0n) is 15.8. The molecule has 0 bridgehead atoms. The maximum atomic E-state index is 12.5. The number of nitrogens with zero attached hydrogens (tertiary/aromatic N) is 1. The summed E-state index contributed by atoms with van der Waals surface area (Å²) in [5.74, 6) is -1.42. The molecule has 0 saturated carbocycles. The fraction of sp³-hybridized carbons (Fsp3) is 0.588. The van der Waals surface area contributed by atoms with Crippen LogP contribution in [0.5, 0.6) is 0 Å². The molecule has 0 radical (unpaired) electrons. The van der Waals surface area contributed by atoms with Gasteiger partial charge < -0.3 is 15.0 Å². The second-order valence-corrected chi connectivity index (χ2v) is 9.93. The molecule has 1 aliphatic heterocycles. The number of carbonyl (C=O) groups excluding carboxylic acids is 3. The summed E-state index contributed by atoms with van der Waals surface area (Å²) in [6, 6.07) is -0.383. The fourth-order valence-corrected chi connectivity index (χ4v) is 5.89. The number of hydrogen-bond donors (Lipinski definition) is 1. The first kappa shape index (κ1) is 21.4. The van der Waals surface area contributed by atoms with Crippen LogP contribution in [-0.2, 0) is 24.2 Å². The number of carbonyl (C=O) groups is 3. The van der Waals surface area contributed by atoms with E-state index in [4.69, 9.17) is 4.74 Å². The average Bonchev–Trinajstić information content (AvgIpc) is 3.05. The summed E-state index contributed by atoms with van der Waals surface area (Å²) >= 11 is 1.27.